The number of hydrogen-bond donors (Lipinski definition) is 1. The smallest absolute Gasteiger partial charge is 1.00 e. The Morgan fingerprint density at radius 2 is 1.58 bits per heavy atom. The van der Waals surface area contributed by atoms with Crippen LogP contribution in [0.4, 0.5) is 0 Å². The minimum atomic E-state index is -3.85. The maximum absolute atomic E-state index is 10.6. The van der Waals surface area contributed by atoms with Crippen molar-refractivity contribution in [3.8, 4) is 5.75 Å². The largest absolute Gasteiger partial charge is 1.00 e. The van der Waals surface area contributed by atoms with Gasteiger partial charge in [-0.3, -0.25) is 4.55 Å². The van der Waals surface area contributed by atoms with Gasteiger partial charge in [-0.05, 0) is 43.4 Å². The van der Waals surface area contributed by atoms with E-state index in [1.807, 2.05) is 12.1 Å². The van der Waals surface area contributed by atoms with Crippen molar-refractivity contribution in [1.82, 2.24) is 0 Å². The summed E-state index contributed by atoms with van der Waals surface area (Å²) in [6, 6.07) is 8.13. The van der Waals surface area contributed by atoms with Crippen LogP contribution in [0.5, 0.6) is 5.75 Å². The fourth-order valence-electron chi connectivity index (χ4n) is 2.44. The molecule has 0 fully saturated rings. The Balaban J connectivity index is 0. The molecule has 0 atom stereocenters. The Labute approximate surface area is 170 Å². The van der Waals surface area contributed by atoms with Gasteiger partial charge in [-0.2, -0.15) is 8.42 Å². The molecule has 0 aromatic heterocycles. The summed E-state index contributed by atoms with van der Waals surface area (Å²) in [5.74, 6) is 0.608. The Bertz CT molecular complexity index is 520. The molecule has 0 aliphatic carbocycles. The van der Waals surface area contributed by atoms with E-state index in [0.29, 0.717) is 19.4 Å². The average Bonchev–Trinajstić information content (AvgIpc) is 2.51. The molecule has 0 unspecified atom stereocenters. The molecule has 1 aromatic carbocycles. The van der Waals surface area contributed by atoms with Crippen LogP contribution in [0.3, 0.4) is 0 Å². The van der Waals surface area contributed by atoms with E-state index in [2.05, 4.69) is 19.1 Å². The molecule has 0 saturated carbocycles. The molecule has 0 amide bonds. The van der Waals surface area contributed by atoms with E-state index in [1.165, 1.54) is 44.1 Å². The zero-order valence-electron chi connectivity index (χ0n) is 16.2. The van der Waals surface area contributed by atoms with Crippen molar-refractivity contribution in [1.29, 1.82) is 0 Å². The molecular weight excluding hydrogens is 335 g/mol. The summed E-state index contributed by atoms with van der Waals surface area (Å²) in [5.41, 5.74) is 1.33. The molecule has 24 heavy (non-hydrogen) atoms. The van der Waals surface area contributed by atoms with Crippen LogP contribution in [0.25, 0.3) is 0 Å². The maximum atomic E-state index is 10.6. The van der Waals surface area contributed by atoms with Gasteiger partial charge in [-0.25, -0.2) is 0 Å². The van der Waals surface area contributed by atoms with Crippen molar-refractivity contribution < 1.29 is 48.7 Å². The zero-order valence-corrected chi connectivity index (χ0v) is 18.0. The summed E-state index contributed by atoms with van der Waals surface area (Å²) in [5, 5.41) is 0. The van der Waals surface area contributed by atoms with Gasteiger partial charge in [-0.1, -0.05) is 51.2 Å². The molecule has 1 rings (SSSR count). The third-order valence-electron chi connectivity index (χ3n) is 3.81. The van der Waals surface area contributed by atoms with Gasteiger partial charge in [0, 0.05) is 0 Å². The molecule has 0 bridgehead atoms. The molecule has 0 aliphatic rings. The molecule has 1 N–H and O–H groups in total. The van der Waals surface area contributed by atoms with E-state index < -0.39 is 10.1 Å². The predicted octanol–water partition coefficient (Wildman–Crippen LogP) is 1.75. The van der Waals surface area contributed by atoms with Crippen molar-refractivity contribution in [3.05, 3.63) is 29.8 Å². The van der Waals surface area contributed by atoms with Crippen LogP contribution < -0.4 is 34.3 Å². The molecule has 134 valence electrons. The minimum absolute atomic E-state index is 0. The van der Waals surface area contributed by atoms with Gasteiger partial charge in [0.2, 0.25) is 0 Å². The molecule has 0 heterocycles. The minimum Gasteiger partial charge on any atom is -1.00 e. The van der Waals surface area contributed by atoms with Crippen molar-refractivity contribution in [2.45, 2.75) is 64.7 Å². The maximum Gasteiger partial charge on any atom is 1.00 e. The molecule has 0 aliphatic heterocycles. The van der Waals surface area contributed by atoms with Gasteiger partial charge in [0.05, 0.1) is 12.4 Å². The Kier molecular flexibility index (Phi) is 14.1. The third kappa shape index (κ3) is 13.2. The van der Waals surface area contributed by atoms with Gasteiger partial charge in [0.1, 0.15) is 5.75 Å². The topological polar surface area (TPSA) is 63.6 Å². The first-order valence-corrected chi connectivity index (χ1v) is 10.3. The molecule has 0 saturated heterocycles. The van der Waals surface area contributed by atoms with Crippen molar-refractivity contribution in [3.63, 3.8) is 0 Å². The van der Waals surface area contributed by atoms with E-state index in [4.69, 9.17) is 9.29 Å². The molecule has 4 nitrogen and oxygen atoms in total. The summed E-state index contributed by atoms with van der Waals surface area (Å²) >= 11 is 0. The van der Waals surface area contributed by atoms with Crippen molar-refractivity contribution >= 4 is 10.1 Å². The second kappa shape index (κ2) is 14.1. The number of hydrogen-bond acceptors (Lipinski definition) is 3. The number of ether oxygens (including phenoxy) is 1. The van der Waals surface area contributed by atoms with Crippen LogP contribution in [0, 0.1) is 0 Å². The standard InChI is InChI=1S/C18H30O4S.Na.H/c1-2-3-4-5-6-7-10-17-11-13-18(14-12-17)22-15-8-9-16-23(19,20)21;;/h11-14H,2-10,15-16H2,1H3,(H,19,20,21);;/q;+1;-1. The fraction of sp³-hybridized carbons (Fsp3) is 0.667. The van der Waals surface area contributed by atoms with E-state index >= 15 is 0 Å². The number of unbranched alkanes of at least 4 members (excludes halogenated alkanes) is 6. The van der Waals surface area contributed by atoms with Gasteiger partial charge < -0.3 is 6.16 Å². The molecule has 6 heteroatoms. The Morgan fingerprint density at radius 3 is 2.21 bits per heavy atom. The quantitative estimate of drug-likeness (QED) is 0.328. The SMILES string of the molecule is CCCCCCCCc1ccc(OCCCCS(=O)(=O)O)cc1.[H-].[Na+]. The summed E-state index contributed by atoms with van der Waals surface area (Å²) in [6.07, 6.45) is 9.98. The summed E-state index contributed by atoms with van der Waals surface area (Å²) in [4.78, 5) is 0. The third-order valence-corrected chi connectivity index (χ3v) is 4.61. The molecular formula is C18H31NaO4S. The zero-order chi connectivity index (χ0) is 17.0. The summed E-state index contributed by atoms with van der Waals surface area (Å²) < 4.78 is 35.3. The Hall–Kier alpha value is -0.0700. The number of benzene rings is 1. The monoisotopic (exact) mass is 366 g/mol. The van der Waals surface area contributed by atoms with Crippen molar-refractivity contribution in [2.24, 2.45) is 0 Å². The van der Waals surface area contributed by atoms with E-state index in [0.717, 1.165) is 12.2 Å². The van der Waals surface area contributed by atoms with Crippen molar-refractivity contribution in [2.75, 3.05) is 12.4 Å². The van der Waals surface area contributed by atoms with Crippen LogP contribution in [-0.2, 0) is 16.5 Å². The fourth-order valence-corrected chi connectivity index (χ4v) is 3.01. The second-order valence-electron chi connectivity index (χ2n) is 6.00. The van der Waals surface area contributed by atoms with Gasteiger partial charge in [0.25, 0.3) is 10.1 Å². The van der Waals surface area contributed by atoms with E-state index in [9.17, 15) is 8.42 Å². The van der Waals surface area contributed by atoms with E-state index in [1.54, 1.807) is 0 Å². The van der Waals surface area contributed by atoms with Crippen LogP contribution >= 0.6 is 0 Å². The molecule has 1 aromatic rings. The first kappa shape index (κ1) is 23.9. The summed E-state index contributed by atoms with van der Waals surface area (Å²) in [6.45, 7) is 2.70. The normalized spacial score (nSPS) is 11.1. The van der Waals surface area contributed by atoms with Gasteiger partial charge in [-0.15, -0.1) is 0 Å². The van der Waals surface area contributed by atoms with E-state index in [-0.39, 0.29) is 36.7 Å². The summed E-state index contributed by atoms with van der Waals surface area (Å²) in [7, 11) is -3.85. The van der Waals surface area contributed by atoms with Crippen LogP contribution in [0.2, 0.25) is 0 Å². The molecule has 0 spiro atoms. The van der Waals surface area contributed by atoms with Crippen LogP contribution in [-0.4, -0.2) is 25.3 Å². The average molecular weight is 366 g/mol. The Morgan fingerprint density at radius 1 is 0.958 bits per heavy atom. The van der Waals surface area contributed by atoms with Crippen LogP contribution in [0.1, 0.15) is 65.3 Å². The second-order valence-corrected chi connectivity index (χ2v) is 7.58. The van der Waals surface area contributed by atoms with Crippen LogP contribution in [0.15, 0.2) is 24.3 Å². The number of aryl methyl sites for hydroxylation is 1. The molecule has 0 radical (unpaired) electrons. The number of rotatable bonds is 13. The first-order valence-electron chi connectivity index (χ1n) is 8.68. The first-order chi connectivity index (χ1) is 11.0. The van der Waals surface area contributed by atoms with Gasteiger partial charge >= 0.3 is 29.6 Å². The predicted molar refractivity (Wildman–Crippen MR) is 95.8 cm³/mol. The van der Waals surface area contributed by atoms with Gasteiger partial charge in [0.15, 0.2) is 0 Å².